The Kier molecular flexibility index (Phi) is 11.2. The first-order valence-electron chi connectivity index (χ1n) is 16.1. The number of carbonyl (C=O) groups is 2. The van der Waals surface area contributed by atoms with E-state index in [9.17, 15) is 28.1 Å². The van der Waals surface area contributed by atoms with Gasteiger partial charge in [0.15, 0.2) is 0 Å². The van der Waals surface area contributed by atoms with Crippen molar-refractivity contribution in [3.05, 3.63) is 136 Å². The number of nitrogens with one attached hydrogen (secondary N) is 1. The number of hydrogen-bond acceptors (Lipinski definition) is 6. The summed E-state index contributed by atoms with van der Waals surface area (Å²) >= 11 is 0. The molecule has 0 saturated heterocycles. The Morgan fingerprint density at radius 3 is 2.19 bits per heavy atom. The van der Waals surface area contributed by atoms with E-state index in [2.05, 4.69) is 5.32 Å². The zero-order chi connectivity index (χ0) is 34.1. The van der Waals surface area contributed by atoms with Gasteiger partial charge in [0.1, 0.15) is 12.6 Å². The fraction of sp³-hybridized carbons (Fsp3) is 0.297. The van der Waals surface area contributed by atoms with Gasteiger partial charge in [-0.15, -0.1) is 0 Å². The minimum atomic E-state index is -4.37. The van der Waals surface area contributed by atoms with E-state index in [1.807, 2.05) is 61.5 Å². The first-order valence-corrected chi connectivity index (χ1v) is 17.6. The van der Waals surface area contributed by atoms with Crippen LogP contribution < -0.4 is 9.62 Å². The Hall–Kier alpha value is -5.03. The Labute approximate surface area is 281 Å². The summed E-state index contributed by atoms with van der Waals surface area (Å²) in [6.45, 7) is 1.28. The minimum Gasteiger partial charge on any atom is -0.352 e. The number of sulfonamides is 1. The second-order valence-corrected chi connectivity index (χ2v) is 14.0. The topological polar surface area (TPSA) is 130 Å². The number of rotatable bonds is 13. The lowest BCUT2D eigenvalue weighted by Crippen LogP contribution is -2.55. The fourth-order valence-electron chi connectivity index (χ4n) is 6.08. The van der Waals surface area contributed by atoms with Crippen LogP contribution in [0.25, 0.3) is 0 Å². The van der Waals surface area contributed by atoms with Crippen LogP contribution in [0.1, 0.15) is 48.8 Å². The van der Waals surface area contributed by atoms with Gasteiger partial charge >= 0.3 is 0 Å². The summed E-state index contributed by atoms with van der Waals surface area (Å²) in [5, 5.41) is 14.9. The number of carbonyl (C=O) groups excluding carboxylic acids is 2. The molecule has 0 spiro atoms. The molecule has 0 heterocycles. The maximum atomic E-state index is 14.7. The van der Waals surface area contributed by atoms with Gasteiger partial charge in [-0.3, -0.25) is 24.0 Å². The van der Waals surface area contributed by atoms with E-state index < -0.39 is 33.4 Å². The average Bonchev–Trinajstić information content (AvgIpc) is 3.10. The summed E-state index contributed by atoms with van der Waals surface area (Å²) in [4.78, 5) is 41.3. The molecule has 0 aromatic heterocycles. The molecule has 1 N–H and O–H groups in total. The molecular formula is C37H40N4O6S. The number of hydrogen-bond donors (Lipinski definition) is 1. The Bertz CT molecular complexity index is 1830. The van der Waals surface area contributed by atoms with E-state index in [1.165, 1.54) is 35.2 Å². The number of benzene rings is 4. The van der Waals surface area contributed by atoms with E-state index >= 15 is 0 Å². The van der Waals surface area contributed by atoms with Gasteiger partial charge in [0.2, 0.25) is 11.8 Å². The first-order chi connectivity index (χ1) is 23.1. The van der Waals surface area contributed by atoms with Gasteiger partial charge < -0.3 is 10.2 Å². The summed E-state index contributed by atoms with van der Waals surface area (Å²) in [6.07, 6.45) is 5.04. The van der Waals surface area contributed by atoms with Crippen LogP contribution in [0.15, 0.2) is 114 Å². The largest absolute Gasteiger partial charge is 0.352 e. The molecule has 4 aromatic carbocycles. The van der Waals surface area contributed by atoms with Crippen molar-refractivity contribution in [1.82, 2.24) is 10.2 Å². The summed E-state index contributed by atoms with van der Waals surface area (Å²) in [7, 11) is -4.37. The Morgan fingerprint density at radius 2 is 1.52 bits per heavy atom. The summed E-state index contributed by atoms with van der Waals surface area (Å²) < 4.78 is 29.2. The maximum Gasteiger partial charge on any atom is 0.271 e. The molecule has 0 radical (unpaired) electrons. The van der Waals surface area contributed by atoms with E-state index in [4.69, 9.17) is 0 Å². The van der Waals surface area contributed by atoms with Crippen molar-refractivity contribution in [2.24, 2.45) is 0 Å². The highest BCUT2D eigenvalue weighted by molar-refractivity contribution is 7.92. The van der Waals surface area contributed by atoms with E-state index in [0.717, 1.165) is 59.2 Å². The molecule has 48 heavy (non-hydrogen) atoms. The molecule has 10 nitrogen and oxygen atoms in total. The molecule has 0 aliphatic heterocycles. The van der Waals surface area contributed by atoms with E-state index in [1.54, 1.807) is 18.2 Å². The number of non-ortho nitro benzene ring substituents is 1. The van der Waals surface area contributed by atoms with Gasteiger partial charge in [0.25, 0.3) is 15.7 Å². The highest BCUT2D eigenvalue weighted by atomic mass is 32.2. The minimum absolute atomic E-state index is 0.0141. The highest BCUT2D eigenvalue weighted by Gasteiger charge is 2.36. The van der Waals surface area contributed by atoms with Gasteiger partial charge in [0, 0.05) is 31.1 Å². The number of nitro benzene ring substituents is 1. The number of nitro groups is 1. The van der Waals surface area contributed by atoms with E-state index in [-0.39, 0.29) is 41.2 Å². The smallest absolute Gasteiger partial charge is 0.271 e. The lowest BCUT2D eigenvalue weighted by Gasteiger charge is -2.35. The van der Waals surface area contributed by atoms with Crippen molar-refractivity contribution in [3.8, 4) is 0 Å². The van der Waals surface area contributed by atoms with Crippen LogP contribution in [-0.2, 0) is 32.6 Å². The van der Waals surface area contributed by atoms with Crippen molar-refractivity contribution in [2.45, 2.75) is 69.0 Å². The van der Waals surface area contributed by atoms with Crippen LogP contribution in [0.5, 0.6) is 0 Å². The van der Waals surface area contributed by atoms with Crippen molar-refractivity contribution in [3.63, 3.8) is 0 Å². The number of nitrogens with zero attached hydrogens (tertiary/aromatic N) is 3. The molecule has 250 valence electrons. The average molecular weight is 669 g/mol. The van der Waals surface area contributed by atoms with Crippen LogP contribution in [-0.4, -0.2) is 48.7 Å². The molecule has 1 fully saturated rings. The Morgan fingerprint density at radius 1 is 0.875 bits per heavy atom. The summed E-state index contributed by atoms with van der Waals surface area (Å²) in [6, 6.07) is 28.8. The fourth-order valence-corrected chi connectivity index (χ4v) is 7.51. The molecule has 4 aromatic rings. The van der Waals surface area contributed by atoms with Gasteiger partial charge in [-0.2, -0.15) is 0 Å². The lowest BCUT2D eigenvalue weighted by atomic mass is 9.94. The van der Waals surface area contributed by atoms with E-state index in [0.29, 0.717) is 0 Å². The molecule has 0 unspecified atom stereocenters. The monoisotopic (exact) mass is 668 g/mol. The maximum absolute atomic E-state index is 14.7. The number of anilines is 1. The number of aryl methyl sites for hydroxylation is 1. The second kappa shape index (κ2) is 15.7. The summed E-state index contributed by atoms with van der Waals surface area (Å²) in [5.74, 6) is -0.926. The predicted octanol–water partition coefficient (Wildman–Crippen LogP) is 6.19. The standard InChI is InChI=1S/C37H40N4O6S/c1-28-14-11-12-17-30(28)26-39(35(24-29-15-5-2-6-16-29)37(43)38-31-18-7-3-8-19-31)36(42)27-40(32-20-13-21-33(25-32)41(44)45)48(46,47)34-22-9-4-10-23-34/h2,4-6,9-17,20-23,25,31,35H,3,7-8,18-19,24,26-27H2,1H3,(H,38,43)/t35-/m1/s1. The molecule has 11 heteroatoms. The molecule has 1 saturated carbocycles. The third-order valence-electron chi connectivity index (χ3n) is 8.76. The van der Waals surface area contributed by atoms with Gasteiger partial charge in [0.05, 0.1) is 15.5 Å². The summed E-state index contributed by atoms with van der Waals surface area (Å²) in [5.41, 5.74) is 2.20. The third-order valence-corrected chi connectivity index (χ3v) is 10.6. The van der Waals surface area contributed by atoms with Crippen LogP contribution in [0.2, 0.25) is 0 Å². The molecular weight excluding hydrogens is 628 g/mol. The zero-order valence-corrected chi connectivity index (χ0v) is 27.7. The molecule has 1 atom stereocenters. The van der Waals surface area contributed by atoms with Crippen molar-refractivity contribution in [2.75, 3.05) is 10.8 Å². The van der Waals surface area contributed by atoms with Crippen LogP contribution in [0.3, 0.4) is 0 Å². The van der Waals surface area contributed by atoms with Crippen LogP contribution >= 0.6 is 0 Å². The molecule has 0 bridgehead atoms. The zero-order valence-electron chi connectivity index (χ0n) is 26.9. The number of amides is 2. The third kappa shape index (κ3) is 8.46. The molecule has 1 aliphatic rings. The van der Waals surface area contributed by atoms with Crippen molar-refractivity contribution < 1.29 is 22.9 Å². The van der Waals surface area contributed by atoms with Gasteiger partial charge in [-0.1, -0.05) is 98.1 Å². The SMILES string of the molecule is Cc1ccccc1CN(C(=O)CN(c1cccc([N+](=O)[O-])c1)S(=O)(=O)c1ccccc1)[C@H](Cc1ccccc1)C(=O)NC1CCCCC1. The highest BCUT2D eigenvalue weighted by Crippen LogP contribution is 2.28. The van der Waals surface area contributed by atoms with Gasteiger partial charge in [-0.25, -0.2) is 8.42 Å². The Balaban J connectivity index is 1.59. The normalized spacial score (nSPS) is 14.1. The molecule has 1 aliphatic carbocycles. The second-order valence-electron chi connectivity index (χ2n) is 12.1. The molecule has 5 rings (SSSR count). The predicted molar refractivity (Wildman–Crippen MR) is 185 cm³/mol. The van der Waals surface area contributed by atoms with Crippen molar-refractivity contribution >= 4 is 33.2 Å². The molecule has 2 amide bonds. The first kappa shape index (κ1) is 34.3. The van der Waals surface area contributed by atoms with Crippen LogP contribution in [0, 0.1) is 17.0 Å². The lowest BCUT2D eigenvalue weighted by molar-refractivity contribution is -0.384. The van der Waals surface area contributed by atoms with Crippen LogP contribution in [0.4, 0.5) is 11.4 Å². The van der Waals surface area contributed by atoms with Gasteiger partial charge in [-0.05, 0) is 54.7 Å². The quantitative estimate of drug-likeness (QED) is 0.134. The van der Waals surface area contributed by atoms with Crippen molar-refractivity contribution in [1.29, 1.82) is 0 Å².